The topological polar surface area (TPSA) is 59.3 Å². The van der Waals surface area contributed by atoms with E-state index in [1.165, 1.54) is 0 Å². The van der Waals surface area contributed by atoms with E-state index in [-0.39, 0.29) is 12.7 Å². The molecule has 0 amide bonds. The van der Waals surface area contributed by atoms with Gasteiger partial charge in [0.25, 0.3) is 0 Å². The van der Waals surface area contributed by atoms with E-state index in [0.29, 0.717) is 5.88 Å². The van der Waals surface area contributed by atoms with Crippen LogP contribution in [0.5, 0.6) is 5.88 Å². The lowest BCUT2D eigenvalue weighted by atomic mass is 9.96. The normalized spacial score (nSPS) is 17.0. The minimum absolute atomic E-state index is 0.116. The third kappa shape index (κ3) is 6.03. The highest BCUT2D eigenvalue weighted by atomic mass is 79.9. The molecule has 0 aliphatic heterocycles. The minimum Gasteiger partial charge on any atom is -0.474 e. The van der Waals surface area contributed by atoms with Gasteiger partial charge < -0.3 is 14.5 Å². The van der Waals surface area contributed by atoms with Gasteiger partial charge in [0.1, 0.15) is 6.10 Å². The van der Waals surface area contributed by atoms with Crippen molar-refractivity contribution in [2.45, 2.75) is 45.6 Å². The number of hydrogen-bond donors (Lipinski definition) is 0. The first-order chi connectivity index (χ1) is 12.5. The maximum atomic E-state index is 6.09. The van der Waals surface area contributed by atoms with Gasteiger partial charge >= 0.3 is 0 Å². The van der Waals surface area contributed by atoms with Crippen LogP contribution in [0.15, 0.2) is 20.7 Å². The van der Waals surface area contributed by atoms with E-state index in [0.717, 1.165) is 53.8 Å². The van der Waals surface area contributed by atoms with Gasteiger partial charge in [-0.15, -0.1) is 6.42 Å². The Kier molecular flexibility index (Phi) is 7.92. The lowest BCUT2D eigenvalue weighted by Crippen LogP contribution is -2.25. The Hall–Kier alpha value is -2.07. The number of oxime groups is 1. The molecule has 0 atom stereocenters. The summed E-state index contributed by atoms with van der Waals surface area (Å²) in [6.45, 7) is 5.12. The number of aromatic nitrogens is 1. The highest BCUT2D eigenvalue weighted by molar-refractivity contribution is 9.10. The second kappa shape index (κ2) is 10.2. The van der Waals surface area contributed by atoms with Crippen molar-refractivity contribution in [1.29, 1.82) is 0 Å². The number of terminal acetylenes is 1. The summed E-state index contributed by atoms with van der Waals surface area (Å²) in [4.78, 5) is 16.1. The maximum Gasteiger partial charge on any atom is 0.228 e. The van der Waals surface area contributed by atoms with Crippen LogP contribution < -0.4 is 4.74 Å². The monoisotopic (exact) mass is 420 g/mol. The Morgan fingerprint density at radius 3 is 2.85 bits per heavy atom. The summed E-state index contributed by atoms with van der Waals surface area (Å²) in [5.41, 5.74) is 2.70. The molecule has 7 heteroatoms. The Labute approximate surface area is 163 Å². The predicted octanol–water partition coefficient (Wildman–Crippen LogP) is 4.09. The Morgan fingerprint density at radius 2 is 2.19 bits per heavy atom. The zero-order valence-corrected chi connectivity index (χ0v) is 17.1. The summed E-state index contributed by atoms with van der Waals surface area (Å²) in [5.74, 6) is 3.01. The minimum atomic E-state index is 0.116. The highest BCUT2D eigenvalue weighted by Crippen LogP contribution is 2.32. The smallest absolute Gasteiger partial charge is 0.228 e. The molecule has 0 bridgehead atoms. The Balaban J connectivity index is 1.96. The predicted molar refractivity (Wildman–Crippen MR) is 108 cm³/mol. The van der Waals surface area contributed by atoms with E-state index >= 15 is 0 Å². The van der Waals surface area contributed by atoms with E-state index < -0.39 is 0 Å². The molecule has 0 radical (unpaired) electrons. The molecule has 0 spiro atoms. The third-order valence-electron chi connectivity index (χ3n) is 4.13. The standard InChI is InChI=1S/C19H25BrN4O2/c1-5-11-25-23-15-7-9-16(10-8-15)26-19-17(20)12-18(14(3)22-19)21-13-24(4)6-2/h1,12-13,16H,6-11H2,2-4H3. The zero-order valence-electron chi connectivity index (χ0n) is 15.5. The van der Waals surface area contributed by atoms with Crippen LogP contribution in [0.2, 0.25) is 0 Å². The second-order valence-electron chi connectivity index (χ2n) is 6.15. The van der Waals surface area contributed by atoms with E-state index in [1.54, 1.807) is 6.34 Å². The quantitative estimate of drug-likeness (QED) is 0.219. The van der Waals surface area contributed by atoms with Gasteiger partial charge in [-0.25, -0.2) is 9.98 Å². The summed E-state index contributed by atoms with van der Waals surface area (Å²) in [7, 11) is 1.98. The van der Waals surface area contributed by atoms with Gasteiger partial charge in [0.2, 0.25) is 5.88 Å². The average molecular weight is 421 g/mol. The highest BCUT2D eigenvalue weighted by Gasteiger charge is 2.21. The molecule has 1 aromatic heterocycles. The molecule has 2 rings (SSSR count). The first kappa shape index (κ1) is 20.2. The Bertz CT molecular complexity index is 702. The van der Waals surface area contributed by atoms with Crippen molar-refractivity contribution in [2.24, 2.45) is 10.1 Å². The number of rotatable bonds is 7. The maximum absolute atomic E-state index is 6.09. The molecule has 26 heavy (non-hydrogen) atoms. The summed E-state index contributed by atoms with van der Waals surface area (Å²) in [5, 5.41) is 4.07. The van der Waals surface area contributed by atoms with E-state index in [1.807, 2.05) is 24.9 Å². The van der Waals surface area contributed by atoms with Gasteiger partial charge in [0.05, 0.1) is 27.9 Å². The van der Waals surface area contributed by atoms with Gasteiger partial charge in [-0.1, -0.05) is 11.1 Å². The lowest BCUT2D eigenvalue weighted by Gasteiger charge is -2.24. The molecular weight excluding hydrogens is 396 g/mol. The summed E-state index contributed by atoms with van der Waals surface area (Å²) < 4.78 is 6.91. The first-order valence-corrected chi connectivity index (χ1v) is 9.52. The largest absolute Gasteiger partial charge is 0.474 e. The van der Waals surface area contributed by atoms with E-state index in [2.05, 4.69) is 43.9 Å². The molecule has 0 saturated heterocycles. The molecule has 6 nitrogen and oxygen atoms in total. The fourth-order valence-electron chi connectivity index (χ4n) is 2.46. The number of aryl methyl sites for hydroxylation is 1. The van der Waals surface area contributed by atoms with E-state index in [9.17, 15) is 0 Å². The number of halogens is 1. The fraction of sp³-hybridized carbons (Fsp3) is 0.526. The summed E-state index contributed by atoms with van der Waals surface area (Å²) in [6.07, 6.45) is 10.5. The number of pyridine rings is 1. The number of ether oxygens (including phenoxy) is 1. The molecule has 1 heterocycles. The molecule has 0 N–H and O–H groups in total. The molecule has 1 aliphatic carbocycles. The molecule has 1 fully saturated rings. The van der Waals surface area contributed by atoms with Gasteiger partial charge in [0.15, 0.2) is 6.61 Å². The molecule has 1 aliphatic rings. The number of aliphatic imine (C=N–C) groups is 1. The van der Waals surface area contributed by atoms with Crippen LogP contribution in [0.1, 0.15) is 38.3 Å². The van der Waals surface area contributed by atoms with Crippen molar-refractivity contribution in [3.05, 3.63) is 16.2 Å². The van der Waals surface area contributed by atoms with Gasteiger partial charge in [-0.05, 0) is 61.5 Å². The SMILES string of the molecule is C#CCON=C1CCC(Oc2nc(C)c(N=CN(C)CC)cc2Br)CC1. The second-order valence-corrected chi connectivity index (χ2v) is 7.00. The molecule has 140 valence electrons. The number of nitrogens with zero attached hydrogens (tertiary/aromatic N) is 4. The first-order valence-electron chi connectivity index (χ1n) is 8.72. The van der Waals surface area contributed by atoms with Crippen molar-refractivity contribution in [3.8, 4) is 18.2 Å². The molecular formula is C19H25BrN4O2. The van der Waals surface area contributed by atoms with Crippen LogP contribution >= 0.6 is 15.9 Å². The van der Waals surface area contributed by atoms with Gasteiger partial charge in [0, 0.05) is 13.6 Å². The third-order valence-corrected chi connectivity index (χ3v) is 4.70. The van der Waals surface area contributed by atoms with Crippen LogP contribution in [0.4, 0.5) is 5.69 Å². The molecule has 0 aromatic carbocycles. The van der Waals surface area contributed by atoms with E-state index in [4.69, 9.17) is 16.0 Å². The molecule has 0 unspecified atom stereocenters. The van der Waals surface area contributed by atoms with Crippen molar-refractivity contribution in [1.82, 2.24) is 9.88 Å². The van der Waals surface area contributed by atoms with Crippen molar-refractivity contribution in [2.75, 3.05) is 20.2 Å². The van der Waals surface area contributed by atoms with Crippen LogP contribution in [0.3, 0.4) is 0 Å². The van der Waals surface area contributed by atoms with Crippen LogP contribution in [0, 0.1) is 19.3 Å². The fourth-order valence-corrected chi connectivity index (χ4v) is 2.86. The van der Waals surface area contributed by atoms with Crippen molar-refractivity contribution in [3.63, 3.8) is 0 Å². The lowest BCUT2D eigenvalue weighted by molar-refractivity contribution is 0.158. The average Bonchev–Trinajstić information content (AvgIpc) is 2.64. The Morgan fingerprint density at radius 1 is 1.46 bits per heavy atom. The van der Waals surface area contributed by atoms with Gasteiger partial charge in [-0.2, -0.15) is 0 Å². The van der Waals surface area contributed by atoms with Crippen LogP contribution in [-0.2, 0) is 4.84 Å². The molecule has 1 aromatic rings. The van der Waals surface area contributed by atoms with Gasteiger partial charge in [-0.3, -0.25) is 0 Å². The summed E-state index contributed by atoms with van der Waals surface area (Å²) >= 11 is 3.55. The number of hydrogen-bond acceptors (Lipinski definition) is 5. The van der Waals surface area contributed by atoms with Crippen LogP contribution in [-0.4, -0.2) is 48.2 Å². The van der Waals surface area contributed by atoms with Crippen molar-refractivity contribution < 1.29 is 9.57 Å². The zero-order chi connectivity index (χ0) is 18.9. The van der Waals surface area contributed by atoms with Crippen LogP contribution in [0.25, 0.3) is 0 Å². The van der Waals surface area contributed by atoms with Crippen molar-refractivity contribution >= 4 is 33.7 Å². The summed E-state index contributed by atoms with van der Waals surface area (Å²) in [6, 6.07) is 1.95. The molecule has 1 saturated carbocycles.